The summed E-state index contributed by atoms with van der Waals surface area (Å²) >= 11 is 0. The summed E-state index contributed by atoms with van der Waals surface area (Å²) in [5.74, 6) is 0.982. The van der Waals surface area contributed by atoms with Crippen molar-refractivity contribution in [2.45, 2.75) is 24.8 Å². The SMILES string of the molecule is CN(C)C(=O)CN1Cc2ccccc2C2(CCN(c3ncccn3)CC2)C1. The van der Waals surface area contributed by atoms with E-state index >= 15 is 0 Å². The van der Waals surface area contributed by atoms with Crippen LogP contribution in [0.25, 0.3) is 0 Å². The van der Waals surface area contributed by atoms with Crippen molar-refractivity contribution in [2.24, 2.45) is 0 Å². The minimum atomic E-state index is 0.104. The second-order valence-electron chi connectivity index (χ2n) is 7.91. The maximum Gasteiger partial charge on any atom is 0.236 e. The molecule has 1 aromatic carbocycles. The Morgan fingerprint density at radius 2 is 1.81 bits per heavy atom. The third kappa shape index (κ3) is 3.54. The topological polar surface area (TPSA) is 52.6 Å². The van der Waals surface area contributed by atoms with Gasteiger partial charge in [-0.3, -0.25) is 9.69 Å². The van der Waals surface area contributed by atoms with Gasteiger partial charge in [-0.25, -0.2) is 9.97 Å². The Morgan fingerprint density at radius 3 is 2.52 bits per heavy atom. The standard InChI is InChI=1S/C21H27N5O/c1-24(2)19(27)15-25-14-17-6-3-4-7-18(17)21(16-25)8-12-26(13-9-21)20-22-10-5-11-23-20/h3-7,10-11H,8-9,12-16H2,1-2H3. The van der Waals surface area contributed by atoms with Crippen molar-refractivity contribution in [1.29, 1.82) is 0 Å². The second-order valence-corrected chi connectivity index (χ2v) is 7.91. The third-order valence-electron chi connectivity index (χ3n) is 5.92. The number of carbonyl (C=O) groups is 1. The number of benzene rings is 1. The van der Waals surface area contributed by atoms with Crippen LogP contribution in [0, 0.1) is 0 Å². The van der Waals surface area contributed by atoms with E-state index < -0.39 is 0 Å². The van der Waals surface area contributed by atoms with Gasteiger partial charge < -0.3 is 9.80 Å². The van der Waals surface area contributed by atoms with Crippen molar-refractivity contribution >= 4 is 11.9 Å². The summed E-state index contributed by atoms with van der Waals surface area (Å²) in [7, 11) is 3.66. The van der Waals surface area contributed by atoms with Gasteiger partial charge >= 0.3 is 0 Å². The molecule has 0 bridgehead atoms. The Kier molecular flexibility index (Phi) is 4.83. The Bertz CT molecular complexity index is 799. The van der Waals surface area contributed by atoms with Gasteiger partial charge in [-0.15, -0.1) is 0 Å². The number of rotatable bonds is 3. The lowest BCUT2D eigenvalue weighted by molar-refractivity contribution is -0.130. The van der Waals surface area contributed by atoms with Crippen LogP contribution in [0.2, 0.25) is 0 Å². The lowest BCUT2D eigenvalue weighted by atomic mass is 9.69. The van der Waals surface area contributed by atoms with Crippen molar-refractivity contribution in [1.82, 2.24) is 19.8 Å². The molecule has 4 rings (SSSR count). The molecule has 1 spiro atoms. The molecule has 1 fully saturated rings. The molecule has 6 nitrogen and oxygen atoms in total. The van der Waals surface area contributed by atoms with Gasteiger partial charge in [0, 0.05) is 58.1 Å². The quantitative estimate of drug-likeness (QED) is 0.832. The Morgan fingerprint density at radius 1 is 1.11 bits per heavy atom. The molecule has 0 saturated carbocycles. The minimum Gasteiger partial charge on any atom is -0.348 e. The third-order valence-corrected chi connectivity index (χ3v) is 5.92. The van der Waals surface area contributed by atoms with Gasteiger partial charge in [-0.1, -0.05) is 24.3 Å². The highest BCUT2D eigenvalue weighted by atomic mass is 16.2. The summed E-state index contributed by atoms with van der Waals surface area (Å²) in [6, 6.07) is 10.6. The molecule has 2 aromatic rings. The first-order valence-electron chi connectivity index (χ1n) is 9.60. The maximum atomic E-state index is 12.3. The van der Waals surface area contributed by atoms with Gasteiger partial charge in [-0.05, 0) is 30.0 Å². The van der Waals surface area contributed by atoms with E-state index in [2.05, 4.69) is 44.0 Å². The molecule has 0 atom stereocenters. The largest absolute Gasteiger partial charge is 0.348 e. The normalized spacial score (nSPS) is 19.0. The monoisotopic (exact) mass is 365 g/mol. The average molecular weight is 365 g/mol. The molecule has 27 heavy (non-hydrogen) atoms. The van der Waals surface area contributed by atoms with Gasteiger partial charge in [0.15, 0.2) is 0 Å². The average Bonchev–Trinajstić information content (AvgIpc) is 2.69. The number of anilines is 1. The summed E-state index contributed by atoms with van der Waals surface area (Å²) in [4.78, 5) is 27.4. The molecule has 3 heterocycles. The predicted molar refractivity (Wildman–Crippen MR) is 106 cm³/mol. The van der Waals surface area contributed by atoms with Crippen molar-refractivity contribution in [3.05, 3.63) is 53.9 Å². The van der Waals surface area contributed by atoms with E-state index in [4.69, 9.17) is 0 Å². The van der Waals surface area contributed by atoms with E-state index in [1.165, 1.54) is 11.1 Å². The van der Waals surface area contributed by atoms with Crippen LogP contribution in [-0.4, -0.2) is 65.9 Å². The first kappa shape index (κ1) is 17.9. The number of hydrogen-bond acceptors (Lipinski definition) is 5. The van der Waals surface area contributed by atoms with Gasteiger partial charge in [0.1, 0.15) is 0 Å². The number of nitrogens with zero attached hydrogens (tertiary/aromatic N) is 5. The van der Waals surface area contributed by atoms with Crippen molar-refractivity contribution < 1.29 is 4.79 Å². The summed E-state index contributed by atoms with van der Waals surface area (Å²) in [6.07, 6.45) is 5.71. The maximum absolute atomic E-state index is 12.3. The molecule has 0 aliphatic carbocycles. The van der Waals surface area contributed by atoms with Crippen LogP contribution in [-0.2, 0) is 16.8 Å². The Labute approximate surface area is 160 Å². The fourth-order valence-electron chi connectivity index (χ4n) is 4.45. The molecule has 0 N–H and O–H groups in total. The zero-order valence-corrected chi connectivity index (χ0v) is 16.1. The molecular weight excluding hydrogens is 338 g/mol. The fraction of sp³-hybridized carbons (Fsp3) is 0.476. The number of hydrogen-bond donors (Lipinski definition) is 0. The number of aromatic nitrogens is 2. The van der Waals surface area contributed by atoms with Crippen LogP contribution < -0.4 is 4.90 Å². The van der Waals surface area contributed by atoms with Gasteiger partial charge in [-0.2, -0.15) is 0 Å². The van der Waals surface area contributed by atoms with E-state index in [1.54, 1.807) is 17.3 Å². The zero-order chi connectivity index (χ0) is 18.9. The van der Waals surface area contributed by atoms with Crippen molar-refractivity contribution in [3.63, 3.8) is 0 Å². The summed E-state index contributed by atoms with van der Waals surface area (Å²) in [5.41, 5.74) is 2.93. The summed E-state index contributed by atoms with van der Waals surface area (Å²) < 4.78 is 0. The van der Waals surface area contributed by atoms with Crippen LogP contribution >= 0.6 is 0 Å². The van der Waals surface area contributed by atoms with E-state index in [0.29, 0.717) is 6.54 Å². The van der Waals surface area contributed by atoms with E-state index in [1.807, 2.05) is 20.2 Å². The predicted octanol–water partition coefficient (Wildman–Crippen LogP) is 1.92. The molecular formula is C21H27N5O. The zero-order valence-electron chi connectivity index (χ0n) is 16.1. The number of fused-ring (bicyclic) bond motifs is 2. The smallest absolute Gasteiger partial charge is 0.236 e. The summed E-state index contributed by atoms with van der Waals surface area (Å²) in [5, 5.41) is 0. The number of likely N-dealkylation sites (N-methyl/N-ethyl adjacent to an activating group) is 1. The Hall–Kier alpha value is -2.47. The van der Waals surface area contributed by atoms with Crippen molar-refractivity contribution in [3.8, 4) is 0 Å². The van der Waals surface area contributed by atoms with Gasteiger partial charge in [0.05, 0.1) is 6.54 Å². The van der Waals surface area contributed by atoms with Crippen LogP contribution in [0.1, 0.15) is 24.0 Å². The number of amides is 1. The lowest BCUT2D eigenvalue weighted by Gasteiger charge is -2.48. The molecule has 0 unspecified atom stereocenters. The molecule has 1 amide bonds. The van der Waals surface area contributed by atoms with Crippen LogP contribution in [0.4, 0.5) is 5.95 Å². The van der Waals surface area contributed by atoms with Crippen LogP contribution in [0.5, 0.6) is 0 Å². The first-order valence-corrected chi connectivity index (χ1v) is 9.60. The molecule has 6 heteroatoms. The number of carbonyl (C=O) groups excluding carboxylic acids is 1. The van der Waals surface area contributed by atoms with Crippen LogP contribution in [0.3, 0.4) is 0 Å². The molecule has 2 aliphatic heterocycles. The van der Waals surface area contributed by atoms with Crippen LogP contribution in [0.15, 0.2) is 42.7 Å². The van der Waals surface area contributed by atoms with E-state index in [0.717, 1.165) is 45.0 Å². The molecule has 142 valence electrons. The van der Waals surface area contributed by atoms with Crippen molar-refractivity contribution in [2.75, 3.05) is 45.2 Å². The van der Waals surface area contributed by atoms with E-state index in [-0.39, 0.29) is 11.3 Å². The summed E-state index contributed by atoms with van der Waals surface area (Å²) in [6.45, 7) is 4.15. The number of piperidine rings is 1. The minimum absolute atomic E-state index is 0.104. The van der Waals surface area contributed by atoms with Gasteiger partial charge in [0.2, 0.25) is 11.9 Å². The highest BCUT2D eigenvalue weighted by molar-refractivity contribution is 5.77. The second kappa shape index (κ2) is 7.27. The molecule has 2 aliphatic rings. The van der Waals surface area contributed by atoms with E-state index in [9.17, 15) is 4.79 Å². The Balaban J connectivity index is 1.56. The molecule has 0 radical (unpaired) electrons. The first-order chi connectivity index (χ1) is 13.1. The van der Waals surface area contributed by atoms with Gasteiger partial charge in [0.25, 0.3) is 0 Å². The lowest BCUT2D eigenvalue weighted by Crippen LogP contribution is -2.53. The highest BCUT2D eigenvalue weighted by Crippen LogP contribution is 2.42. The molecule has 1 aromatic heterocycles. The highest BCUT2D eigenvalue weighted by Gasteiger charge is 2.42. The fourth-order valence-corrected chi connectivity index (χ4v) is 4.45. The molecule has 1 saturated heterocycles.